The number of nitrogens with one attached hydrogen (secondary N) is 1. The van der Waals surface area contributed by atoms with E-state index in [0.29, 0.717) is 43.1 Å². The second-order valence-electron chi connectivity index (χ2n) is 7.55. The highest BCUT2D eigenvalue weighted by Crippen LogP contribution is 2.39. The third-order valence-corrected chi connectivity index (χ3v) is 5.35. The van der Waals surface area contributed by atoms with E-state index in [-0.39, 0.29) is 12.3 Å². The highest BCUT2D eigenvalue weighted by molar-refractivity contribution is 6.30. The number of phenols is 1. The van der Waals surface area contributed by atoms with Crippen LogP contribution in [-0.2, 0) is 25.5 Å². The molecule has 2 N–H and O–H groups in total. The summed E-state index contributed by atoms with van der Waals surface area (Å²) < 4.78 is 27.5. The Morgan fingerprint density at radius 3 is 2.97 bits per heavy atom. The molecule has 2 aromatic carbocycles. The maximum absolute atomic E-state index is 11.9. The van der Waals surface area contributed by atoms with Crippen molar-refractivity contribution in [2.75, 3.05) is 19.7 Å². The number of aromatic hydroxyl groups is 1. The number of carbonyl (C=O) groups excluding carboxylic acids is 2. The quantitative estimate of drug-likeness (QED) is 0.318. The molecule has 3 heterocycles. The van der Waals surface area contributed by atoms with E-state index in [1.807, 2.05) is 6.07 Å². The minimum atomic E-state index is -1.51. The number of aromatic nitrogens is 1. The van der Waals surface area contributed by atoms with Gasteiger partial charge in [-0.2, -0.15) is 0 Å². The number of carbonyl (C=O) groups is 2. The summed E-state index contributed by atoms with van der Waals surface area (Å²) in [4.78, 5) is 27.7. The monoisotopic (exact) mass is 440 g/mol. The molecule has 1 aromatic heterocycles. The molecule has 0 amide bonds. The normalized spacial score (nSPS) is 21.8. The Bertz CT molecular complexity index is 1180. The molecule has 1 saturated heterocycles. The molecule has 3 aromatic rings. The Kier molecular flexibility index (Phi) is 5.06. The van der Waals surface area contributed by atoms with Crippen LogP contribution in [0.3, 0.4) is 0 Å². The molecule has 5 rings (SSSR count). The Hall–Kier alpha value is -3.79. The molecule has 32 heavy (non-hydrogen) atoms. The fourth-order valence-electron chi connectivity index (χ4n) is 3.77. The van der Waals surface area contributed by atoms with Gasteiger partial charge in [0.15, 0.2) is 18.1 Å². The van der Waals surface area contributed by atoms with Gasteiger partial charge in [-0.05, 0) is 36.7 Å². The molecule has 10 nitrogen and oxygen atoms in total. The zero-order valence-electron chi connectivity index (χ0n) is 16.9. The molecule has 0 bridgehead atoms. The van der Waals surface area contributed by atoms with Gasteiger partial charge in [0.2, 0.25) is 0 Å². The first-order valence-corrected chi connectivity index (χ1v) is 10.1. The Morgan fingerprint density at radius 1 is 1.16 bits per heavy atom. The molecule has 166 valence electrons. The van der Waals surface area contributed by atoms with Gasteiger partial charge < -0.3 is 33.8 Å². The fourth-order valence-corrected chi connectivity index (χ4v) is 3.77. The standard InChI is InChI=1S/C22H20N2O8/c25-14-3-2-13-8-19-22(31-18(13)9-14,32-21(27)20(26)30-19)11-23-6-1-7-28-15-4-5-17-16(10-15)24-12-29-17/h2-5,9-10,12,19,23,25H,1,6-8,11H2. The van der Waals surface area contributed by atoms with Crippen molar-refractivity contribution in [2.45, 2.75) is 24.7 Å². The molecule has 0 aliphatic carbocycles. The summed E-state index contributed by atoms with van der Waals surface area (Å²) in [7, 11) is 0. The van der Waals surface area contributed by atoms with Gasteiger partial charge >= 0.3 is 17.7 Å². The molecule has 0 radical (unpaired) electrons. The molecular formula is C22H20N2O8. The fraction of sp³-hybridized carbons (Fsp3) is 0.318. The van der Waals surface area contributed by atoms with Crippen molar-refractivity contribution in [1.82, 2.24) is 10.3 Å². The molecule has 10 heteroatoms. The predicted molar refractivity (Wildman–Crippen MR) is 108 cm³/mol. The Labute approximate surface area is 182 Å². The van der Waals surface area contributed by atoms with Crippen molar-refractivity contribution in [3.8, 4) is 17.2 Å². The third-order valence-electron chi connectivity index (χ3n) is 5.35. The summed E-state index contributed by atoms with van der Waals surface area (Å²) in [6.45, 7) is 1.07. The van der Waals surface area contributed by atoms with Crippen LogP contribution >= 0.6 is 0 Å². The van der Waals surface area contributed by atoms with Crippen molar-refractivity contribution in [3.05, 3.63) is 48.4 Å². The Morgan fingerprint density at radius 2 is 2.06 bits per heavy atom. The lowest BCUT2D eigenvalue weighted by molar-refractivity contribution is -0.264. The smallest absolute Gasteiger partial charge is 0.420 e. The largest absolute Gasteiger partial charge is 0.508 e. The van der Waals surface area contributed by atoms with Gasteiger partial charge in [-0.1, -0.05) is 6.07 Å². The molecule has 2 unspecified atom stereocenters. The van der Waals surface area contributed by atoms with Gasteiger partial charge in [0.05, 0.1) is 13.2 Å². The van der Waals surface area contributed by atoms with Gasteiger partial charge in [0.1, 0.15) is 22.8 Å². The summed E-state index contributed by atoms with van der Waals surface area (Å²) in [5, 5.41) is 12.9. The number of oxazole rings is 1. The van der Waals surface area contributed by atoms with Crippen LogP contribution in [0.2, 0.25) is 0 Å². The third kappa shape index (κ3) is 3.80. The number of ether oxygens (including phenoxy) is 4. The zero-order valence-corrected chi connectivity index (χ0v) is 16.9. The van der Waals surface area contributed by atoms with Crippen molar-refractivity contribution in [3.63, 3.8) is 0 Å². The van der Waals surface area contributed by atoms with Crippen molar-refractivity contribution >= 4 is 23.0 Å². The summed E-state index contributed by atoms with van der Waals surface area (Å²) in [6, 6.07) is 10.0. The average Bonchev–Trinajstić information content (AvgIpc) is 3.24. The lowest BCUT2D eigenvalue weighted by Crippen LogP contribution is -2.65. The Balaban J connectivity index is 1.18. The van der Waals surface area contributed by atoms with E-state index in [1.54, 1.807) is 18.2 Å². The number of phenolic OH excluding ortho intramolecular Hbond substituents is 1. The molecule has 1 fully saturated rings. The highest BCUT2D eigenvalue weighted by atomic mass is 16.8. The van der Waals surface area contributed by atoms with Crippen LogP contribution in [0.15, 0.2) is 47.2 Å². The number of fused-ring (bicyclic) bond motifs is 3. The maximum atomic E-state index is 11.9. The van der Waals surface area contributed by atoms with Crippen LogP contribution in [0.4, 0.5) is 0 Å². The first kappa shape index (κ1) is 20.1. The first-order valence-electron chi connectivity index (χ1n) is 10.1. The van der Waals surface area contributed by atoms with E-state index in [0.717, 1.165) is 11.1 Å². The molecule has 2 atom stereocenters. The van der Waals surface area contributed by atoms with Gasteiger partial charge in [-0.15, -0.1) is 0 Å². The van der Waals surface area contributed by atoms with Crippen LogP contribution < -0.4 is 14.8 Å². The van der Waals surface area contributed by atoms with Crippen LogP contribution in [0, 0.1) is 0 Å². The predicted octanol–water partition coefficient (Wildman–Crippen LogP) is 1.69. The lowest BCUT2D eigenvalue weighted by Gasteiger charge is -2.44. The van der Waals surface area contributed by atoms with E-state index in [1.165, 1.54) is 18.5 Å². The highest BCUT2D eigenvalue weighted by Gasteiger charge is 2.55. The summed E-state index contributed by atoms with van der Waals surface area (Å²) in [5.74, 6) is -2.59. The maximum Gasteiger partial charge on any atom is 0.420 e. The number of rotatable bonds is 7. The summed E-state index contributed by atoms with van der Waals surface area (Å²) in [5.41, 5.74) is 2.16. The van der Waals surface area contributed by atoms with E-state index in [2.05, 4.69) is 10.3 Å². The van der Waals surface area contributed by atoms with Crippen LogP contribution in [0.1, 0.15) is 12.0 Å². The van der Waals surface area contributed by atoms with E-state index in [4.69, 9.17) is 23.4 Å². The SMILES string of the molecule is O=C1OC2Cc3ccc(O)cc3OC2(CNCCCOc2ccc3ocnc3c2)OC1=O. The molecular weight excluding hydrogens is 420 g/mol. The average molecular weight is 440 g/mol. The summed E-state index contributed by atoms with van der Waals surface area (Å²) >= 11 is 0. The number of nitrogens with zero attached hydrogens (tertiary/aromatic N) is 1. The molecule has 0 spiro atoms. The van der Waals surface area contributed by atoms with E-state index >= 15 is 0 Å². The molecule has 2 aliphatic heterocycles. The molecule has 0 saturated carbocycles. The van der Waals surface area contributed by atoms with Crippen molar-refractivity contribution in [2.24, 2.45) is 0 Å². The van der Waals surface area contributed by atoms with Crippen molar-refractivity contribution in [1.29, 1.82) is 0 Å². The lowest BCUT2D eigenvalue weighted by atomic mass is 9.95. The molecule has 2 aliphatic rings. The number of hydrogen-bond acceptors (Lipinski definition) is 10. The van der Waals surface area contributed by atoms with Crippen LogP contribution in [-0.4, -0.2) is 53.6 Å². The van der Waals surface area contributed by atoms with Gasteiger partial charge in [0.25, 0.3) is 0 Å². The minimum Gasteiger partial charge on any atom is -0.508 e. The summed E-state index contributed by atoms with van der Waals surface area (Å²) in [6.07, 6.45) is 1.53. The van der Waals surface area contributed by atoms with Gasteiger partial charge in [-0.3, -0.25) is 0 Å². The second kappa shape index (κ2) is 8.04. The zero-order chi connectivity index (χ0) is 22.1. The first-order chi connectivity index (χ1) is 15.5. The van der Waals surface area contributed by atoms with E-state index in [9.17, 15) is 14.7 Å². The number of benzene rings is 2. The number of hydrogen-bond donors (Lipinski definition) is 2. The topological polar surface area (TPSA) is 129 Å². The minimum absolute atomic E-state index is 0.0189. The van der Waals surface area contributed by atoms with Crippen LogP contribution in [0.5, 0.6) is 17.2 Å². The van der Waals surface area contributed by atoms with Gasteiger partial charge in [0, 0.05) is 18.6 Å². The van der Waals surface area contributed by atoms with Gasteiger partial charge in [-0.25, -0.2) is 14.6 Å². The van der Waals surface area contributed by atoms with E-state index < -0.39 is 23.8 Å². The van der Waals surface area contributed by atoms with Crippen LogP contribution in [0.25, 0.3) is 11.1 Å². The second-order valence-corrected chi connectivity index (χ2v) is 7.55. The number of esters is 2. The van der Waals surface area contributed by atoms with Crippen molar-refractivity contribution < 1.29 is 38.1 Å².